The molecule has 0 unspecified atom stereocenters. The van der Waals surface area contributed by atoms with Crippen LogP contribution in [-0.2, 0) is 9.59 Å². The van der Waals surface area contributed by atoms with Gasteiger partial charge in [-0.2, -0.15) is 0 Å². The molecular formula is C10H16ClN3O2. The molecule has 0 radical (unpaired) electrons. The Morgan fingerprint density at radius 1 is 1.06 bits per heavy atom. The van der Waals surface area contributed by atoms with Crippen LogP contribution in [0.15, 0.2) is 0 Å². The van der Waals surface area contributed by atoms with Gasteiger partial charge in [-0.3, -0.25) is 19.6 Å². The van der Waals surface area contributed by atoms with Crippen LogP contribution < -0.4 is 5.32 Å². The van der Waals surface area contributed by atoms with E-state index in [-0.39, 0.29) is 24.2 Å². The quantitative estimate of drug-likeness (QED) is 0.600. The number of rotatable bonds is 0. The van der Waals surface area contributed by atoms with E-state index in [9.17, 15) is 9.59 Å². The molecule has 3 saturated heterocycles. The predicted octanol–water partition coefficient (Wildman–Crippen LogP) is -0.233. The molecule has 0 bridgehead atoms. The standard InChI is InChI=1S/C10H15N3O2.ClH/c14-8-10(3-1-4-11-7-10)9(15)13-6-2-5-12(8)13;/h11H,1-7H2;1H. The lowest BCUT2D eigenvalue weighted by molar-refractivity contribution is -0.141. The van der Waals surface area contributed by atoms with Crippen molar-refractivity contribution in [2.24, 2.45) is 5.41 Å². The molecule has 0 aromatic rings. The van der Waals surface area contributed by atoms with Gasteiger partial charge in [0.05, 0.1) is 0 Å². The highest BCUT2D eigenvalue weighted by molar-refractivity contribution is 6.10. The van der Waals surface area contributed by atoms with Crippen molar-refractivity contribution in [3.05, 3.63) is 0 Å². The van der Waals surface area contributed by atoms with E-state index in [1.165, 1.54) is 0 Å². The van der Waals surface area contributed by atoms with Crippen LogP contribution in [0.1, 0.15) is 19.3 Å². The summed E-state index contributed by atoms with van der Waals surface area (Å²) in [7, 11) is 0. The Morgan fingerprint density at radius 3 is 2.19 bits per heavy atom. The van der Waals surface area contributed by atoms with Crippen LogP contribution in [0.4, 0.5) is 0 Å². The van der Waals surface area contributed by atoms with Crippen LogP contribution in [0.3, 0.4) is 0 Å². The lowest BCUT2D eigenvalue weighted by Crippen LogP contribution is -2.49. The first kappa shape index (κ1) is 11.7. The van der Waals surface area contributed by atoms with E-state index in [0.717, 1.165) is 19.4 Å². The van der Waals surface area contributed by atoms with E-state index in [1.807, 2.05) is 0 Å². The topological polar surface area (TPSA) is 52.7 Å². The molecular weight excluding hydrogens is 230 g/mol. The first-order chi connectivity index (χ1) is 7.26. The summed E-state index contributed by atoms with van der Waals surface area (Å²) in [4.78, 5) is 24.4. The third kappa shape index (κ3) is 1.28. The van der Waals surface area contributed by atoms with Gasteiger partial charge in [0.1, 0.15) is 5.41 Å². The Labute approximate surface area is 101 Å². The zero-order valence-corrected chi connectivity index (χ0v) is 9.89. The summed E-state index contributed by atoms with van der Waals surface area (Å²) in [6.45, 7) is 2.87. The maximum absolute atomic E-state index is 12.2. The second-order valence-electron chi connectivity index (χ2n) is 4.57. The zero-order chi connectivity index (χ0) is 10.5. The Morgan fingerprint density at radius 2 is 1.69 bits per heavy atom. The summed E-state index contributed by atoms with van der Waals surface area (Å²) >= 11 is 0. The van der Waals surface area contributed by atoms with Crippen LogP contribution in [0.25, 0.3) is 0 Å². The van der Waals surface area contributed by atoms with Gasteiger partial charge in [-0.15, -0.1) is 12.4 Å². The number of hydrogen-bond acceptors (Lipinski definition) is 3. The molecule has 3 fully saturated rings. The lowest BCUT2D eigenvalue weighted by Gasteiger charge is -2.29. The fourth-order valence-corrected chi connectivity index (χ4v) is 2.89. The molecule has 3 rings (SSSR count). The summed E-state index contributed by atoms with van der Waals surface area (Å²) in [6, 6.07) is 0. The highest BCUT2D eigenvalue weighted by atomic mass is 35.5. The van der Waals surface area contributed by atoms with E-state index in [4.69, 9.17) is 0 Å². The van der Waals surface area contributed by atoms with Crippen LogP contribution in [-0.4, -0.2) is 48.0 Å². The largest absolute Gasteiger partial charge is 0.315 e. The normalized spacial score (nSPS) is 27.2. The van der Waals surface area contributed by atoms with Gasteiger partial charge in [-0.25, -0.2) is 0 Å². The summed E-state index contributed by atoms with van der Waals surface area (Å²) < 4.78 is 0. The molecule has 2 amide bonds. The number of halogens is 1. The SMILES string of the molecule is Cl.O=C1N2CCCN2C(=O)C12CCCNC2. The third-order valence-electron chi connectivity index (χ3n) is 3.70. The number of hydrazine groups is 1. The maximum atomic E-state index is 12.2. The number of carbonyl (C=O) groups is 2. The number of piperidine rings is 1. The molecule has 0 aliphatic carbocycles. The van der Waals surface area contributed by atoms with Crippen molar-refractivity contribution in [2.75, 3.05) is 26.2 Å². The van der Waals surface area contributed by atoms with Crippen molar-refractivity contribution in [1.82, 2.24) is 15.3 Å². The van der Waals surface area contributed by atoms with Crippen molar-refractivity contribution in [3.63, 3.8) is 0 Å². The smallest absolute Gasteiger partial charge is 0.258 e. The van der Waals surface area contributed by atoms with E-state index in [0.29, 0.717) is 26.1 Å². The number of fused-ring (bicyclic) bond motifs is 1. The minimum Gasteiger partial charge on any atom is -0.315 e. The van der Waals surface area contributed by atoms with Gasteiger partial charge in [0, 0.05) is 19.6 Å². The van der Waals surface area contributed by atoms with Gasteiger partial charge in [-0.05, 0) is 25.8 Å². The summed E-state index contributed by atoms with van der Waals surface area (Å²) in [5.41, 5.74) is -0.751. The van der Waals surface area contributed by atoms with Crippen molar-refractivity contribution < 1.29 is 9.59 Å². The minimum absolute atomic E-state index is 0. The van der Waals surface area contributed by atoms with Gasteiger partial charge in [0.15, 0.2) is 0 Å². The second-order valence-corrected chi connectivity index (χ2v) is 4.57. The molecule has 0 aromatic carbocycles. The van der Waals surface area contributed by atoms with E-state index in [1.54, 1.807) is 10.0 Å². The number of carbonyl (C=O) groups excluding carboxylic acids is 2. The molecule has 3 heterocycles. The molecule has 5 nitrogen and oxygen atoms in total. The number of amides is 2. The Bertz CT molecular complexity index is 304. The van der Waals surface area contributed by atoms with Crippen molar-refractivity contribution in [2.45, 2.75) is 19.3 Å². The average Bonchev–Trinajstić information content (AvgIpc) is 2.81. The zero-order valence-electron chi connectivity index (χ0n) is 9.07. The average molecular weight is 246 g/mol. The van der Waals surface area contributed by atoms with Crippen molar-refractivity contribution in [1.29, 1.82) is 0 Å². The monoisotopic (exact) mass is 245 g/mol. The Kier molecular flexibility index (Phi) is 2.84. The Hall–Kier alpha value is -0.810. The van der Waals surface area contributed by atoms with Crippen LogP contribution >= 0.6 is 12.4 Å². The minimum atomic E-state index is -0.751. The molecule has 16 heavy (non-hydrogen) atoms. The highest BCUT2D eigenvalue weighted by Gasteiger charge is 2.59. The third-order valence-corrected chi connectivity index (χ3v) is 3.70. The summed E-state index contributed by atoms with van der Waals surface area (Å²) in [5, 5.41) is 6.47. The van der Waals surface area contributed by atoms with Gasteiger partial charge in [-0.1, -0.05) is 0 Å². The van der Waals surface area contributed by atoms with E-state index in [2.05, 4.69) is 5.32 Å². The maximum Gasteiger partial charge on any atom is 0.258 e. The first-order valence-corrected chi connectivity index (χ1v) is 5.60. The van der Waals surface area contributed by atoms with Gasteiger partial charge in [0.25, 0.3) is 11.8 Å². The number of nitrogens with one attached hydrogen (secondary N) is 1. The number of nitrogens with zero attached hydrogens (tertiary/aromatic N) is 2. The lowest BCUT2D eigenvalue weighted by atomic mass is 9.79. The van der Waals surface area contributed by atoms with Crippen LogP contribution in [0.2, 0.25) is 0 Å². The summed E-state index contributed by atoms with van der Waals surface area (Å²) in [6.07, 6.45) is 2.55. The van der Waals surface area contributed by atoms with Crippen LogP contribution in [0, 0.1) is 5.41 Å². The molecule has 1 N–H and O–H groups in total. The molecule has 3 aliphatic rings. The molecule has 0 aromatic heterocycles. The predicted molar refractivity (Wildman–Crippen MR) is 59.8 cm³/mol. The molecule has 0 atom stereocenters. The van der Waals surface area contributed by atoms with Crippen molar-refractivity contribution in [3.8, 4) is 0 Å². The van der Waals surface area contributed by atoms with Gasteiger partial charge < -0.3 is 5.32 Å². The fourth-order valence-electron chi connectivity index (χ4n) is 2.89. The van der Waals surface area contributed by atoms with Crippen molar-refractivity contribution >= 4 is 24.2 Å². The molecule has 0 saturated carbocycles. The first-order valence-electron chi connectivity index (χ1n) is 5.60. The van der Waals surface area contributed by atoms with E-state index < -0.39 is 5.41 Å². The molecule has 1 spiro atoms. The second kappa shape index (κ2) is 3.89. The number of hydrogen-bond donors (Lipinski definition) is 1. The highest BCUT2D eigenvalue weighted by Crippen LogP contribution is 2.39. The van der Waals surface area contributed by atoms with Gasteiger partial charge in [0.2, 0.25) is 0 Å². The molecule has 3 aliphatic heterocycles. The van der Waals surface area contributed by atoms with E-state index >= 15 is 0 Å². The summed E-state index contributed by atoms with van der Waals surface area (Å²) in [5.74, 6) is 0.0504. The fraction of sp³-hybridized carbons (Fsp3) is 0.800. The van der Waals surface area contributed by atoms with Gasteiger partial charge >= 0.3 is 0 Å². The molecule has 6 heteroatoms. The molecule has 90 valence electrons. The van der Waals surface area contributed by atoms with Crippen LogP contribution in [0.5, 0.6) is 0 Å². The Balaban J connectivity index is 0.000000963.